The molecule has 0 spiro atoms. The molecule has 1 aromatic heterocycles. The second-order valence-electron chi connectivity index (χ2n) is 6.64. The van der Waals surface area contributed by atoms with Crippen LogP contribution in [0, 0.1) is 11.3 Å². The highest BCUT2D eigenvalue weighted by Gasteiger charge is 2.20. The third-order valence-electron chi connectivity index (χ3n) is 4.45. The van der Waals surface area contributed by atoms with Gasteiger partial charge in [0.05, 0.1) is 23.5 Å². The number of nitrogens with one attached hydrogen (secondary N) is 1. The Morgan fingerprint density at radius 2 is 1.93 bits per heavy atom. The zero-order chi connectivity index (χ0) is 21.3. The first-order valence-corrected chi connectivity index (χ1v) is 10.4. The molecule has 0 saturated carbocycles. The number of methoxy groups -OCH3 is 1. The fraction of sp³-hybridized carbons (Fsp3) is 0.273. The lowest BCUT2D eigenvalue weighted by atomic mass is 10.1. The van der Waals surface area contributed by atoms with Gasteiger partial charge in [-0.2, -0.15) is 5.26 Å². The van der Waals surface area contributed by atoms with E-state index in [1.807, 2.05) is 29.7 Å². The van der Waals surface area contributed by atoms with Crippen molar-refractivity contribution in [3.05, 3.63) is 71.5 Å². The van der Waals surface area contributed by atoms with Gasteiger partial charge >= 0.3 is 0 Å². The summed E-state index contributed by atoms with van der Waals surface area (Å²) in [7, 11) is 1.65. The minimum Gasteiger partial charge on any atom is -0.383 e. The fourth-order valence-corrected chi connectivity index (χ4v) is 3.70. The van der Waals surface area contributed by atoms with Gasteiger partial charge in [-0.15, -0.1) is 10.2 Å². The number of nitrogens with zero attached hydrogens (tertiary/aromatic N) is 4. The Kier molecular flexibility index (Phi) is 7.60. The van der Waals surface area contributed by atoms with Crippen molar-refractivity contribution in [1.82, 2.24) is 14.8 Å². The van der Waals surface area contributed by atoms with Gasteiger partial charge in [-0.05, 0) is 36.8 Å². The molecule has 1 amide bonds. The molecule has 0 fully saturated rings. The number of amides is 1. The maximum absolute atomic E-state index is 12.6. The van der Waals surface area contributed by atoms with Crippen molar-refractivity contribution < 1.29 is 9.53 Å². The summed E-state index contributed by atoms with van der Waals surface area (Å²) in [5.74, 6) is 0.691. The number of aromatic nitrogens is 3. The zero-order valence-corrected chi connectivity index (χ0v) is 17.7. The van der Waals surface area contributed by atoms with Gasteiger partial charge in [0, 0.05) is 25.8 Å². The largest absolute Gasteiger partial charge is 0.383 e. The van der Waals surface area contributed by atoms with E-state index < -0.39 is 0 Å². The van der Waals surface area contributed by atoms with Crippen LogP contribution < -0.4 is 5.32 Å². The number of rotatable bonds is 9. The standard InChI is InChI=1S/C22H23N5O2S/c1-16(21(28)24-19-10-8-18(15-23)9-11-19)30-22-26-25-20(27(22)12-13-29-2)14-17-6-4-3-5-7-17/h3-11,16H,12-14H2,1-2H3,(H,24,28)/t16-/m0/s1. The number of thioether (sulfide) groups is 1. The van der Waals surface area contributed by atoms with Crippen LogP contribution in [0.25, 0.3) is 0 Å². The third-order valence-corrected chi connectivity index (χ3v) is 5.53. The van der Waals surface area contributed by atoms with E-state index in [4.69, 9.17) is 10.00 Å². The van der Waals surface area contributed by atoms with Gasteiger partial charge < -0.3 is 14.6 Å². The Hall–Kier alpha value is -3.15. The molecule has 0 aliphatic carbocycles. The van der Waals surface area contributed by atoms with Crippen molar-refractivity contribution >= 4 is 23.4 Å². The van der Waals surface area contributed by atoms with Crippen LogP contribution in [-0.4, -0.2) is 39.6 Å². The van der Waals surface area contributed by atoms with Gasteiger partial charge in [0.25, 0.3) is 0 Å². The molecule has 0 aliphatic heterocycles. The van der Waals surface area contributed by atoms with E-state index in [2.05, 4.69) is 33.7 Å². The summed E-state index contributed by atoms with van der Waals surface area (Å²) in [5, 5.41) is 20.7. The summed E-state index contributed by atoms with van der Waals surface area (Å²) in [6.45, 7) is 2.97. The lowest BCUT2D eigenvalue weighted by Gasteiger charge is -2.14. The average Bonchev–Trinajstić information content (AvgIpc) is 3.14. The summed E-state index contributed by atoms with van der Waals surface area (Å²) < 4.78 is 7.24. The van der Waals surface area contributed by atoms with Crippen molar-refractivity contribution in [2.45, 2.75) is 30.3 Å². The molecule has 0 saturated heterocycles. The number of carbonyl (C=O) groups excluding carboxylic acids is 1. The molecule has 3 aromatic rings. The lowest BCUT2D eigenvalue weighted by Crippen LogP contribution is -2.23. The second-order valence-corrected chi connectivity index (χ2v) is 7.95. The highest BCUT2D eigenvalue weighted by atomic mass is 32.2. The van der Waals surface area contributed by atoms with Gasteiger partial charge in [0.1, 0.15) is 5.82 Å². The predicted octanol–water partition coefficient (Wildman–Crippen LogP) is 3.51. The van der Waals surface area contributed by atoms with Crippen molar-refractivity contribution in [2.75, 3.05) is 19.0 Å². The monoisotopic (exact) mass is 421 g/mol. The normalized spacial score (nSPS) is 11.6. The summed E-state index contributed by atoms with van der Waals surface area (Å²) in [5.41, 5.74) is 2.34. The first-order valence-electron chi connectivity index (χ1n) is 9.53. The molecule has 7 nitrogen and oxygen atoms in total. The third kappa shape index (κ3) is 5.69. The van der Waals surface area contributed by atoms with Crippen LogP contribution in [0.5, 0.6) is 0 Å². The van der Waals surface area contributed by atoms with Crippen LogP contribution in [0.15, 0.2) is 59.8 Å². The zero-order valence-electron chi connectivity index (χ0n) is 16.9. The number of ether oxygens (including phenoxy) is 1. The predicted molar refractivity (Wildman–Crippen MR) is 116 cm³/mol. The topological polar surface area (TPSA) is 92.8 Å². The Labute approximate surface area is 180 Å². The molecule has 1 N–H and O–H groups in total. The van der Waals surface area contributed by atoms with Gasteiger partial charge in [-0.1, -0.05) is 42.1 Å². The van der Waals surface area contributed by atoms with E-state index >= 15 is 0 Å². The summed E-state index contributed by atoms with van der Waals surface area (Å²) in [6.07, 6.45) is 0.657. The Morgan fingerprint density at radius 1 is 1.20 bits per heavy atom. The summed E-state index contributed by atoms with van der Waals surface area (Å²) in [4.78, 5) is 12.6. The quantitative estimate of drug-likeness (QED) is 0.532. The van der Waals surface area contributed by atoms with E-state index in [0.29, 0.717) is 36.0 Å². The SMILES string of the molecule is COCCn1c(Cc2ccccc2)nnc1S[C@@H](C)C(=O)Nc1ccc(C#N)cc1. The second kappa shape index (κ2) is 10.6. The van der Waals surface area contributed by atoms with E-state index in [1.54, 1.807) is 31.4 Å². The number of benzene rings is 2. The molecule has 30 heavy (non-hydrogen) atoms. The van der Waals surface area contributed by atoms with Gasteiger partial charge in [-0.3, -0.25) is 4.79 Å². The fourth-order valence-electron chi connectivity index (χ4n) is 2.81. The molecular weight excluding hydrogens is 398 g/mol. The van der Waals surface area contributed by atoms with Gasteiger partial charge in [0.2, 0.25) is 5.91 Å². The Morgan fingerprint density at radius 3 is 2.60 bits per heavy atom. The first kappa shape index (κ1) is 21.6. The summed E-state index contributed by atoms with van der Waals surface area (Å²) in [6, 6.07) is 18.9. The molecule has 0 radical (unpaired) electrons. The molecule has 154 valence electrons. The number of nitriles is 1. The molecule has 0 bridgehead atoms. The van der Waals surface area contributed by atoms with Crippen LogP contribution in [0.1, 0.15) is 23.9 Å². The highest BCUT2D eigenvalue weighted by molar-refractivity contribution is 8.00. The molecule has 3 rings (SSSR count). The van der Waals surface area contributed by atoms with Gasteiger partial charge in [-0.25, -0.2) is 0 Å². The van der Waals surface area contributed by atoms with Crippen LogP contribution in [0.3, 0.4) is 0 Å². The van der Waals surface area contributed by atoms with E-state index in [9.17, 15) is 4.79 Å². The molecule has 1 heterocycles. The maximum Gasteiger partial charge on any atom is 0.237 e. The molecule has 8 heteroatoms. The molecule has 0 aliphatic rings. The highest BCUT2D eigenvalue weighted by Crippen LogP contribution is 2.24. The maximum atomic E-state index is 12.6. The molecule has 1 atom stereocenters. The lowest BCUT2D eigenvalue weighted by molar-refractivity contribution is -0.115. The van der Waals surface area contributed by atoms with Crippen LogP contribution in [-0.2, 0) is 22.5 Å². The van der Waals surface area contributed by atoms with E-state index in [0.717, 1.165) is 11.4 Å². The van der Waals surface area contributed by atoms with E-state index in [-0.39, 0.29) is 11.2 Å². The molecular formula is C22H23N5O2S. The van der Waals surface area contributed by atoms with Crippen LogP contribution in [0.4, 0.5) is 5.69 Å². The molecule has 0 unspecified atom stereocenters. The number of hydrogen-bond acceptors (Lipinski definition) is 6. The van der Waals surface area contributed by atoms with Crippen molar-refractivity contribution in [1.29, 1.82) is 5.26 Å². The van der Waals surface area contributed by atoms with Crippen molar-refractivity contribution in [3.8, 4) is 6.07 Å². The number of anilines is 1. The Bertz CT molecular complexity index is 1010. The number of hydrogen-bond donors (Lipinski definition) is 1. The summed E-state index contributed by atoms with van der Waals surface area (Å²) >= 11 is 1.36. The average molecular weight is 422 g/mol. The Balaban J connectivity index is 1.70. The van der Waals surface area contributed by atoms with Crippen molar-refractivity contribution in [3.63, 3.8) is 0 Å². The minimum absolute atomic E-state index is 0.143. The minimum atomic E-state index is -0.379. The first-order chi connectivity index (χ1) is 14.6. The van der Waals surface area contributed by atoms with Gasteiger partial charge in [0.15, 0.2) is 5.16 Å². The number of carbonyl (C=O) groups is 1. The molecule has 2 aromatic carbocycles. The smallest absolute Gasteiger partial charge is 0.237 e. The van der Waals surface area contributed by atoms with Crippen LogP contribution in [0.2, 0.25) is 0 Å². The van der Waals surface area contributed by atoms with Crippen LogP contribution >= 0.6 is 11.8 Å². The van der Waals surface area contributed by atoms with Crippen molar-refractivity contribution in [2.24, 2.45) is 0 Å². The van der Waals surface area contributed by atoms with E-state index in [1.165, 1.54) is 11.8 Å².